The van der Waals surface area contributed by atoms with Gasteiger partial charge in [0, 0.05) is 13.2 Å². The number of hydrogen-bond donors (Lipinski definition) is 0. The summed E-state index contributed by atoms with van der Waals surface area (Å²) in [7, 11) is 1.41. The average Bonchev–Trinajstić information content (AvgIpc) is 2.51. The molecular weight excluding hydrogens is 294 g/mol. The van der Waals surface area contributed by atoms with Crippen LogP contribution >= 0.6 is 0 Å². The molecule has 0 aliphatic carbocycles. The minimum absolute atomic E-state index is 0.0241. The van der Waals surface area contributed by atoms with Gasteiger partial charge < -0.3 is 4.74 Å². The first-order chi connectivity index (χ1) is 10.5. The summed E-state index contributed by atoms with van der Waals surface area (Å²) >= 11 is 0. The zero-order chi connectivity index (χ0) is 16.5. The fourth-order valence-corrected chi connectivity index (χ4v) is 1.46. The number of esters is 1. The second-order valence-electron chi connectivity index (χ2n) is 4.16. The van der Waals surface area contributed by atoms with Gasteiger partial charge in [-0.05, 0) is 12.5 Å². The van der Waals surface area contributed by atoms with Crippen LogP contribution in [0.1, 0.15) is 12.5 Å². The van der Waals surface area contributed by atoms with Gasteiger partial charge in [0.1, 0.15) is 5.57 Å². The number of carbonyl (C=O) groups excluding carboxylic acids is 2. The van der Waals surface area contributed by atoms with Crippen molar-refractivity contribution in [1.29, 1.82) is 0 Å². The predicted molar refractivity (Wildman–Crippen MR) is 77.5 cm³/mol. The van der Waals surface area contributed by atoms with Crippen LogP contribution in [0.3, 0.4) is 0 Å². The zero-order valence-corrected chi connectivity index (χ0v) is 12.2. The number of benzene rings is 1. The number of hydrazone groups is 1. The monoisotopic (exact) mass is 310 g/mol. The molecule has 0 spiro atoms. The van der Waals surface area contributed by atoms with E-state index < -0.39 is 23.8 Å². The molecule has 0 unspecified atom stereocenters. The SMILES string of the molecule is CCOC(=O)/C(=C\N(C)/N=C/c1ccccc1)C(=O)C(F)F. The maximum absolute atomic E-state index is 12.5. The lowest BCUT2D eigenvalue weighted by Crippen LogP contribution is -2.23. The van der Waals surface area contributed by atoms with Crippen molar-refractivity contribution in [3.8, 4) is 0 Å². The predicted octanol–water partition coefficient (Wildman–Crippen LogP) is 2.23. The number of carbonyl (C=O) groups is 2. The summed E-state index contributed by atoms with van der Waals surface area (Å²) in [5, 5.41) is 5.04. The van der Waals surface area contributed by atoms with E-state index in [-0.39, 0.29) is 6.61 Å². The van der Waals surface area contributed by atoms with Gasteiger partial charge in [-0.15, -0.1) is 0 Å². The molecule has 0 saturated carbocycles. The van der Waals surface area contributed by atoms with Crippen LogP contribution in [-0.4, -0.2) is 43.1 Å². The molecule has 0 bridgehead atoms. The fraction of sp³-hybridized carbons (Fsp3) is 0.267. The fourth-order valence-electron chi connectivity index (χ4n) is 1.46. The molecule has 0 aliphatic heterocycles. The van der Waals surface area contributed by atoms with E-state index in [2.05, 4.69) is 9.84 Å². The van der Waals surface area contributed by atoms with Gasteiger partial charge in [-0.2, -0.15) is 5.10 Å². The number of ether oxygens (including phenoxy) is 1. The highest BCUT2D eigenvalue weighted by molar-refractivity contribution is 6.18. The molecule has 5 nitrogen and oxygen atoms in total. The zero-order valence-electron chi connectivity index (χ0n) is 12.2. The highest BCUT2D eigenvalue weighted by atomic mass is 19.3. The van der Waals surface area contributed by atoms with Gasteiger partial charge in [-0.25, -0.2) is 13.6 Å². The second kappa shape index (κ2) is 8.66. The van der Waals surface area contributed by atoms with Gasteiger partial charge in [0.2, 0.25) is 5.78 Å². The van der Waals surface area contributed by atoms with Crippen molar-refractivity contribution >= 4 is 18.0 Å². The molecule has 0 aromatic heterocycles. The summed E-state index contributed by atoms with van der Waals surface area (Å²) < 4.78 is 29.6. The smallest absolute Gasteiger partial charge is 0.343 e. The van der Waals surface area contributed by atoms with E-state index in [1.807, 2.05) is 18.2 Å². The van der Waals surface area contributed by atoms with Crippen LogP contribution in [0.5, 0.6) is 0 Å². The third-order valence-electron chi connectivity index (χ3n) is 2.46. The Morgan fingerprint density at radius 1 is 1.32 bits per heavy atom. The van der Waals surface area contributed by atoms with Crippen LogP contribution in [-0.2, 0) is 14.3 Å². The van der Waals surface area contributed by atoms with Gasteiger partial charge in [-0.3, -0.25) is 9.80 Å². The lowest BCUT2D eigenvalue weighted by atomic mass is 10.2. The molecule has 0 atom stereocenters. The first-order valence-electron chi connectivity index (χ1n) is 6.48. The molecule has 1 rings (SSSR count). The quantitative estimate of drug-likeness (QED) is 0.193. The summed E-state index contributed by atoms with van der Waals surface area (Å²) in [4.78, 5) is 22.9. The molecule has 0 N–H and O–H groups in total. The van der Waals surface area contributed by atoms with Crippen LogP contribution in [0.25, 0.3) is 0 Å². The van der Waals surface area contributed by atoms with Crippen molar-refractivity contribution in [2.75, 3.05) is 13.7 Å². The normalized spacial score (nSPS) is 11.8. The Bertz CT molecular complexity index is 571. The Labute approximate surface area is 126 Å². The van der Waals surface area contributed by atoms with Gasteiger partial charge in [0.05, 0.1) is 12.8 Å². The van der Waals surface area contributed by atoms with Crippen LogP contribution < -0.4 is 0 Å². The molecule has 0 fully saturated rings. The Hall–Kier alpha value is -2.57. The average molecular weight is 310 g/mol. The van der Waals surface area contributed by atoms with E-state index in [9.17, 15) is 18.4 Å². The number of ketones is 1. The topological polar surface area (TPSA) is 59.0 Å². The molecule has 0 amide bonds. The third-order valence-corrected chi connectivity index (χ3v) is 2.46. The molecular formula is C15H16F2N2O3. The van der Waals surface area contributed by atoms with Crippen LogP contribution in [0.15, 0.2) is 47.2 Å². The molecule has 22 heavy (non-hydrogen) atoms. The lowest BCUT2D eigenvalue weighted by molar-refractivity contribution is -0.141. The summed E-state index contributed by atoms with van der Waals surface area (Å²) in [6.07, 6.45) is -0.903. The first kappa shape index (κ1) is 17.5. The van der Waals surface area contributed by atoms with E-state index in [0.29, 0.717) is 0 Å². The number of alkyl halides is 2. The summed E-state index contributed by atoms with van der Waals surface area (Å²) in [5.74, 6) is -2.70. The highest BCUT2D eigenvalue weighted by Crippen LogP contribution is 2.09. The van der Waals surface area contributed by atoms with Crippen molar-refractivity contribution in [3.63, 3.8) is 0 Å². The van der Waals surface area contributed by atoms with E-state index in [0.717, 1.165) is 16.8 Å². The summed E-state index contributed by atoms with van der Waals surface area (Å²) in [5.41, 5.74) is 0.0326. The molecule has 0 radical (unpaired) electrons. The van der Waals surface area contributed by atoms with Crippen molar-refractivity contribution in [1.82, 2.24) is 5.01 Å². The molecule has 0 saturated heterocycles. The Balaban J connectivity index is 2.92. The number of hydrogen-bond acceptors (Lipinski definition) is 5. The van der Waals surface area contributed by atoms with E-state index >= 15 is 0 Å². The van der Waals surface area contributed by atoms with Gasteiger partial charge in [0.15, 0.2) is 0 Å². The lowest BCUT2D eigenvalue weighted by Gasteiger charge is -2.10. The molecule has 0 aliphatic rings. The van der Waals surface area contributed by atoms with Crippen LogP contribution in [0.2, 0.25) is 0 Å². The Morgan fingerprint density at radius 3 is 2.50 bits per heavy atom. The number of halogens is 2. The van der Waals surface area contributed by atoms with E-state index in [1.165, 1.54) is 20.2 Å². The molecule has 1 aromatic carbocycles. The van der Waals surface area contributed by atoms with Crippen molar-refractivity contribution in [2.24, 2.45) is 5.10 Å². The Kier molecular flexibility index (Phi) is 6.88. The number of Topliss-reactive ketones (excluding diaryl/α,β-unsaturated/α-hetero) is 1. The first-order valence-corrected chi connectivity index (χ1v) is 6.48. The van der Waals surface area contributed by atoms with E-state index in [1.54, 1.807) is 12.1 Å². The molecule has 1 aromatic rings. The summed E-state index contributed by atoms with van der Waals surface area (Å²) in [6.45, 7) is 1.49. The second-order valence-corrected chi connectivity index (χ2v) is 4.16. The van der Waals surface area contributed by atoms with Gasteiger partial charge in [0.25, 0.3) is 0 Å². The van der Waals surface area contributed by atoms with Crippen molar-refractivity contribution < 1.29 is 23.1 Å². The largest absolute Gasteiger partial charge is 0.462 e. The van der Waals surface area contributed by atoms with Crippen LogP contribution in [0.4, 0.5) is 8.78 Å². The highest BCUT2D eigenvalue weighted by Gasteiger charge is 2.27. The van der Waals surface area contributed by atoms with Crippen molar-refractivity contribution in [3.05, 3.63) is 47.7 Å². The van der Waals surface area contributed by atoms with Crippen LogP contribution in [0, 0.1) is 0 Å². The maximum atomic E-state index is 12.5. The minimum Gasteiger partial charge on any atom is -0.462 e. The number of nitrogens with zero attached hydrogens (tertiary/aromatic N) is 2. The maximum Gasteiger partial charge on any atom is 0.343 e. The minimum atomic E-state index is -3.29. The van der Waals surface area contributed by atoms with Crippen molar-refractivity contribution in [2.45, 2.75) is 13.3 Å². The third kappa shape index (κ3) is 5.43. The van der Waals surface area contributed by atoms with E-state index in [4.69, 9.17) is 0 Å². The number of rotatable bonds is 7. The standard InChI is InChI=1S/C15H16F2N2O3/c1-3-22-15(21)12(13(20)14(16)17)10-19(2)18-9-11-7-5-4-6-8-11/h4-10,14H,3H2,1-2H3/b12-10-,18-9+. The molecule has 7 heteroatoms. The molecule has 118 valence electrons. The Morgan fingerprint density at radius 2 is 1.95 bits per heavy atom. The van der Waals surface area contributed by atoms with Gasteiger partial charge >= 0.3 is 12.4 Å². The molecule has 0 heterocycles. The summed E-state index contributed by atoms with van der Waals surface area (Å²) in [6, 6.07) is 9.03. The van der Waals surface area contributed by atoms with Gasteiger partial charge in [-0.1, -0.05) is 30.3 Å².